The van der Waals surface area contributed by atoms with Gasteiger partial charge in [-0.1, -0.05) is 23.1 Å². The number of carbonyl (C=O) groups is 1. The third kappa shape index (κ3) is 4.10. The molecule has 0 fully saturated rings. The van der Waals surface area contributed by atoms with Crippen LogP contribution in [0, 0.1) is 12.7 Å². The summed E-state index contributed by atoms with van der Waals surface area (Å²) in [5, 5.41) is 19.7. The van der Waals surface area contributed by atoms with Crippen molar-refractivity contribution in [1.29, 1.82) is 0 Å². The Bertz CT molecular complexity index is 1110. The fourth-order valence-corrected chi connectivity index (χ4v) is 3.71. The van der Waals surface area contributed by atoms with Gasteiger partial charge in [0.15, 0.2) is 0 Å². The van der Waals surface area contributed by atoms with Crippen molar-refractivity contribution in [2.24, 2.45) is 0 Å². The summed E-state index contributed by atoms with van der Waals surface area (Å²) in [5.41, 5.74) is 1.22. The van der Waals surface area contributed by atoms with Crippen LogP contribution in [-0.2, 0) is 5.75 Å². The van der Waals surface area contributed by atoms with Gasteiger partial charge in [-0.15, -0.1) is 20.4 Å². The van der Waals surface area contributed by atoms with Crippen LogP contribution in [0.15, 0.2) is 50.7 Å². The molecule has 0 spiro atoms. The zero-order chi connectivity index (χ0) is 19.5. The molecule has 0 saturated carbocycles. The zero-order valence-corrected chi connectivity index (χ0v) is 16.0. The van der Waals surface area contributed by atoms with Crippen LogP contribution < -0.4 is 5.32 Å². The fourth-order valence-electron chi connectivity index (χ4n) is 2.23. The second-order valence-corrected chi connectivity index (χ2v) is 7.50. The van der Waals surface area contributed by atoms with Gasteiger partial charge >= 0.3 is 0 Å². The van der Waals surface area contributed by atoms with Gasteiger partial charge in [0, 0.05) is 5.69 Å². The Morgan fingerprint density at radius 3 is 2.75 bits per heavy atom. The first-order chi connectivity index (χ1) is 13.6. The molecular formula is C17H12FN5O3S2. The molecule has 0 unspecified atom stereocenters. The van der Waals surface area contributed by atoms with Crippen molar-refractivity contribution in [3.05, 3.63) is 58.2 Å². The molecule has 1 N–H and O–H groups in total. The molecule has 1 amide bonds. The normalized spacial score (nSPS) is 10.9. The van der Waals surface area contributed by atoms with Crippen LogP contribution in [-0.4, -0.2) is 26.3 Å². The molecule has 4 rings (SSSR count). The van der Waals surface area contributed by atoms with Gasteiger partial charge in [-0.2, -0.15) is 0 Å². The number of benzene rings is 1. The maximum absolute atomic E-state index is 12.9. The molecule has 11 heteroatoms. The van der Waals surface area contributed by atoms with E-state index >= 15 is 0 Å². The van der Waals surface area contributed by atoms with E-state index in [1.54, 1.807) is 12.3 Å². The number of thioether (sulfide) groups is 1. The Morgan fingerprint density at radius 2 is 2.00 bits per heavy atom. The number of rotatable bonds is 6. The molecule has 0 aliphatic carbocycles. The van der Waals surface area contributed by atoms with Crippen molar-refractivity contribution in [1.82, 2.24) is 20.4 Å². The van der Waals surface area contributed by atoms with Gasteiger partial charge in [-0.3, -0.25) is 4.79 Å². The van der Waals surface area contributed by atoms with E-state index in [1.165, 1.54) is 36.0 Å². The van der Waals surface area contributed by atoms with Gasteiger partial charge in [0.1, 0.15) is 16.6 Å². The van der Waals surface area contributed by atoms with Gasteiger partial charge in [-0.05, 0) is 37.3 Å². The number of hydrogen-bond acceptors (Lipinski definition) is 9. The minimum absolute atomic E-state index is 0.208. The van der Waals surface area contributed by atoms with E-state index in [2.05, 4.69) is 25.7 Å². The third-order valence-corrected chi connectivity index (χ3v) is 5.51. The van der Waals surface area contributed by atoms with Gasteiger partial charge in [0.25, 0.3) is 17.0 Å². The molecule has 1 aromatic carbocycles. The number of hydrogen-bond donors (Lipinski definition) is 1. The van der Waals surface area contributed by atoms with E-state index < -0.39 is 5.91 Å². The number of carbonyl (C=O) groups excluding carboxylic acids is 1. The monoisotopic (exact) mass is 417 g/mol. The van der Waals surface area contributed by atoms with Crippen LogP contribution in [0.25, 0.3) is 11.5 Å². The predicted octanol–water partition coefficient (Wildman–Crippen LogP) is 4.17. The maximum atomic E-state index is 12.9. The summed E-state index contributed by atoms with van der Waals surface area (Å²) in [7, 11) is 0. The maximum Gasteiger partial charge on any atom is 0.286 e. The average molecular weight is 417 g/mol. The Kier molecular flexibility index (Phi) is 5.17. The van der Waals surface area contributed by atoms with Crippen molar-refractivity contribution in [2.45, 2.75) is 17.9 Å². The van der Waals surface area contributed by atoms with Crippen LogP contribution in [0.4, 0.5) is 10.1 Å². The minimum Gasteiger partial charge on any atom is -0.469 e. The topological polar surface area (TPSA) is 107 Å². The first-order valence-electron chi connectivity index (χ1n) is 7.98. The molecule has 142 valence electrons. The van der Waals surface area contributed by atoms with E-state index in [1.807, 2.05) is 6.92 Å². The summed E-state index contributed by atoms with van der Waals surface area (Å²) in [6, 6.07) is 7.23. The molecule has 0 atom stereocenters. The molecule has 0 saturated heterocycles. The fraction of sp³-hybridized carbons (Fsp3) is 0.118. The Hall–Kier alpha value is -3.05. The largest absolute Gasteiger partial charge is 0.469 e. The molecular weight excluding hydrogens is 405 g/mol. The summed E-state index contributed by atoms with van der Waals surface area (Å²) < 4.78 is 23.7. The Labute approximate surface area is 166 Å². The Balaban J connectivity index is 1.36. The number of halogens is 1. The molecule has 0 aliphatic rings. The highest BCUT2D eigenvalue weighted by molar-refractivity contribution is 7.98. The highest BCUT2D eigenvalue weighted by Gasteiger charge is 2.16. The second kappa shape index (κ2) is 7.90. The molecule has 0 radical (unpaired) electrons. The lowest BCUT2D eigenvalue weighted by Crippen LogP contribution is -2.11. The molecule has 0 bridgehead atoms. The zero-order valence-electron chi connectivity index (χ0n) is 14.4. The lowest BCUT2D eigenvalue weighted by Gasteiger charge is -2.01. The molecule has 28 heavy (non-hydrogen) atoms. The van der Waals surface area contributed by atoms with Crippen LogP contribution in [0.2, 0.25) is 0 Å². The first kappa shape index (κ1) is 18.3. The van der Waals surface area contributed by atoms with E-state index in [0.29, 0.717) is 33.3 Å². The lowest BCUT2D eigenvalue weighted by molar-refractivity contribution is 0.102. The number of amides is 1. The summed E-state index contributed by atoms with van der Waals surface area (Å²) in [5.74, 6) is 0.718. The summed E-state index contributed by atoms with van der Waals surface area (Å²) >= 11 is 2.45. The van der Waals surface area contributed by atoms with Crippen molar-refractivity contribution in [2.75, 3.05) is 5.32 Å². The van der Waals surface area contributed by atoms with E-state index in [0.717, 1.165) is 16.9 Å². The lowest BCUT2D eigenvalue weighted by atomic mass is 10.3. The van der Waals surface area contributed by atoms with Crippen molar-refractivity contribution < 1.29 is 18.0 Å². The summed E-state index contributed by atoms with van der Waals surface area (Å²) in [4.78, 5) is 12.2. The number of nitrogens with one attached hydrogen (secondary N) is 1. The number of aryl methyl sites for hydroxylation is 1. The van der Waals surface area contributed by atoms with Crippen LogP contribution in [0.1, 0.15) is 20.6 Å². The van der Waals surface area contributed by atoms with Gasteiger partial charge in [0.05, 0.1) is 17.6 Å². The molecule has 8 nitrogen and oxygen atoms in total. The SMILES string of the molecule is Cc1occc1-c1nnc(SCc2nnc(C(=O)Nc3ccc(F)cc3)s2)o1. The Morgan fingerprint density at radius 1 is 1.18 bits per heavy atom. The number of aromatic nitrogens is 4. The standard InChI is InChI=1S/C17H12FN5O3S2/c1-9-12(6-7-25-9)15-21-23-17(26-15)27-8-13-20-22-16(28-13)14(24)19-11-4-2-10(18)3-5-11/h2-7H,8H2,1H3,(H,19,24). The van der Waals surface area contributed by atoms with Crippen LogP contribution in [0.5, 0.6) is 0 Å². The molecule has 0 aliphatic heterocycles. The number of furan rings is 1. The van der Waals surface area contributed by atoms with Crippen LogP contribution in [0.3, 0.4) is 0 Å². The van der Waals surface area contributed by atoms with Gasteiger partial charge in [-0.25, -0.2) is 4.39 Å². The highest BCUT2D eigenvalue weighted by Crippen LogP contribution is 2.28. The van der Waals surface area contributed by atoms with Crippen molar-refractivity contribution in [3.63, 3.8) is 0 Å². The van der Waals surface area contributed by atoms with E-state index in [-0.39, 0.29) is 10.8 Å². The second-order valence-electron chi connectivity index (χ2n) is 5.51. The minimum atomic E-state index is -0.407. The molecule has 4 aromatic rings. The summed E-state index contributed by atoms with van der Waals surface area (Å²) in [6.45, 7) is 1.81. The highest BCUT2D eigenvalue weighted by atomic mass is 32.2. The third-order valence-electron chi connectivity index (χ3n) is 3.58. The van der Waals surface area contributed by atoms with E-state index in [9.17, 15) is 9.18 Å². The summed E-state index contributed by atoms with van der Waals surface area (Å²) in [6.07, 6.45) is 1.56. The van der Waals surface area contributed by atoms with Crippen molar-refractivity contribution >= 4 is 34.7 Å². The molecule has 3 heterocycles. The van der Waals surface area contributed by atoms with Gasteiger partial charge in [0.2, 0.25) is 5.01 Å². The van der Waals surface area contributed by atoms with E-state index in [4.69, 9.17) is 8.83 Å². The quantitative estimate of drug-likeness (QED) is 0.466. The number of nitrogens with zero attached hydrogens (tertiary/aromatic N) is 4. The first-order valence-corrected chi connectivity index (χ1v) is 9.79. The number of anilines is 1. The smallest absolute Gasteiger partial charge is 0.286 e. The average Bonchev–Trinajstić information content (AvgIpc) is 3.42. The van der Waals surface area contributed by atoms with Gasteiger partial charge < -0.3 is 14.2 Å². The van der Waals surface area contributed by atoms with Crippen LogP contribution >= 0.6 is 23.1 Å². The molecule has 3 aromatic heterocycles. The predicted molar refractivity (Wildman–Crippen MR) is 101 cm³/mol. The van der Waals surface area contributed by atoms with Crippen molar-refractivity contribution in [3.8, 4) is 11.5 Å².